The van der Waals surface area contributed by atoms with Crippen molar-refractivity contribution in [3.05, 3.63) is 56.6 Å². The van der Waals surface area contributed by atoms with Gasteiger partial charge >= 0.3 is 0 Å². The Labute approximate surface area is 143 Å². The van der Waals surface area contributed by atoms with Gasteiger partial charge in [-0.05, 0) is 24.3 Å². The molecule has 1 amide bonds. The van der Waals surface area contributed by atoms with E-state index in [9.17, 15) is 13.6 Å². The zero-order valence-electron chi connectivity index (χ0n) is 11.5. The molecule has 1 aromatic carbocycles. The number of halogens is 3. The van der Waals surface area contributed by atoms with E-state index in [4.69, 9.17) is 11.6 Å². The number of nitrogens with one attached hydrogen (secondary N) is 1. The fourth-order valence-electron chi connectivity index (χ4n) is 1.92. The lowest BCUT2D eigenvalue weighted by Gasteiger charge is -2.00. The third-order valence-electron chi connectivity index (χ3n) is 2.92. The molecular formula is C15H9ClF2N2OS2. The Morgan fingerprint density at radius 1 is 1.26 bits per heavy atom. The predicted molar refractivity (Wildman–Crippen MR) is 89.1 cm³/mol. The Morgan fingerprint density at radius 3 is 2.78 bits per heavy atom. The van der Waals surface area contributed by atoms with Crippen LogP contribution in [0.3, 0.4) is 0 Å². The molecule has 8 heteroatoms. The minimum Gasteiger partial charge on any atom is -0.302 e. The fraction of sp³-hybridized carbons (Fsp3) is 0.0667. The average molecular weight is 371 g/mol. The molecule has 23 heavy (non-hydrogen) atoms. The summed E-state index contributed by atoms with van der Waals surface area (Å²) in [5.41, 5.74) is 0.537. The predicted octanol–water partition coefficient (Wildman–Crippen LogP) is 4.98. The normalized spacial score (nSPS) is 10.7. The number of benzene rings is 1. The molecule has 2 aromatic heterocycles. The number of nitrogens with zero attached hydrogens (tertiary/aromatic N) is 1. The van der Waals surface area contributed by atoms with Gasteiger partial charge in [-0.25, -0.2) is 13.8 Å². The van der Waals surface area contributed by atoms with Crippen molar-refractivity contribution in [3.63, 3.8) is 0 Å². The topological polar surface area (TPSA) is 42.0 Å². The lowest BCUT2D eigenvalue weighted by molar-refractivity contribution is -0.115. The highest BCUT2D eigenvalue weighted by atomic mass is 35.5. The number of hydrogen-bond acceptors (Lipinski definition) is 4. The van der Waals surface area contributed by atoms with Crippen molar-refractivity contribution in [2.75, 3.05) is 5.32 Å². The Kier molecular flexibility index (Phi) is 4.70. The zero-order chi connectivity index (χ0) is 16.4. The number of hydrogen-bond donors (Lipinski definition) is 1. The molecule has 0 saturated heterocycles. The summed E-state index contributed by atoms with van der Waals surface area (Å²) in [5.74, 6) is -1.57. The van der Waals surface area contributed by atoms with Crippen molar-refractivity contribution in [1.82, 2.24) is 4.98 Å². The molecule has 0 fully saturated rings. The molecule has 0 saturated carbocycles. The van der Waals surface area contributed by atoms with Crippen molar-refractivity contribution in [2.45, 2.75) is 6.42 Å². The van der Waals surface area contributed by atoms with E-state index in [-0.39, 0.29) is 17.9 Å². The van der Waals surface area contributed by atoms with Crippen molar-refractivity contribution >= 4 is 45.3 Å². The maximum absolute atomic E-state index is 13.7. The van der Waals surface area contributed by atoms with E-state index in [1.54, 1.807) is 17.5 Å². The lowest BCUT2D eigenvalue weighted by Crippen LogP contribution is -2.13. The van der Waals surface area contributed by atoms with Crippen molar-refractivity contribution in [3.8, 4) is 11.3 Å². The van der Waals surface area contributed by atoms with Crippen molar-refractivity contribution < 1.29 is 13.6 Å². The number of thiazole rings is 1. The highest BCUT2D eigenvalue weighted by Gasteiger charge is 2.13. The van der Waals surface area contributed by atoms with Crippen LogP contribution in [0.5, 0.6) is 0 Å². The largest absolute Gasteiger partial charge is 0.302 e. The summed E-state index contributed by atoms with van der Waals surface area (Å²) in [5, 5.41) is 4.62. The van der Waals surface area contributed by atoms with E-state index in [0.717, 1.165) is 17.0 Å². The van der Waals surface area contributed by atoms with Crippen LogP contribution < -0.4 is 5.32 Å². The van der Waals surface area contributed by atoms with Gasteiger partial charge in [0.25, 0.3) is 0 Å². The van der Waals surface area contributed by atoms with E-state index in [1.807, 2.05) is 0 Å². The highest BCUT2D eigenvalue weighted by Crippen LogP contribution is 2.28. The minimum absolute atomic E-state index is 0.188. The third-order valence-corrected chi connectivity index (χ3v) is 4.91. The van der Waals surface area contributed by atoms with E-state index in [1.165, 1.54) is 28.7 Å². The second-order valence-corrected chi connectivity index (χ2v) is 7.25. The molecule has 0 spiro atoms. The average Bonchev–Trinajstić information content (AvgIpc) is 3.08. The lowest BCUT2D eigenvalue weighted by atomic mass is 10.1. The van der Waals surface area contributed by atoms with Crippen LogP contribution in [-0.2, 0) is 11.2 Å². The summed E-state index contributed by atoms with van der Waals surface area (Å²) < 4.78 is 27.3. The second-order valence-electron chi connectivity index (χ2n) is 4.59. The van der Waals surface area contributed by atoms with Crippen molar-refractivity contribution in [1.29, 1.82) is 0 Å². The van der Waals surface area contributed by atoms with E-state index in [0.29, 0.717) is 15.2 Å². The summed E-state index contributed by atoms with van der Waals surface area (Å²) in [6.07, 6.45) is 0.192. The first kappa shape index (κ1) is 16.0. The van der Waals surface area contributed by atoms with Gasteiger partial charge in [-0.1, -0.05) is 11.6 Å². The smallest absolute Gasteiger partial charge is 0.231 e. The van der Waals surface area contributed by atoms with E-state index < -0.39 is 11.6 Å². The first-order chi connectivity index (χ1) is 11.0. The molecule has 0 aliphatic carbocycles. The van der Waals surface area contributed by atoms with Crippen LogP contribution in [0.4, 0.5) is 13.9 Å². The molecule has 0 radical (unpaired) electrons. The van der Waals surface area contributed by atoms with Gasteiger partial charge < -0.3 is 5.32 Å². The fourth-order valence-corrected chi connectivity index (χ4v) is 3.73. The first-order valence-electron chi connectivity index (χ1n) is 6.46. The summed E-state index contributed by atoms with van der Waals surface area (Å²) in [6.45, 7) is 0. The Bertz CT molecular complexity index is 863. The SMILES string of the molecule is O=C(Cc1ccc(Cl)s1)Nc1nc(-c2ccc(F)cc2F)cs1. The van der Waals surface area contributed by atoms with Gasteiger partial charge in [-0.2, -0.15) is 0 Å². The van der Waals surface area contributed by atoms with Gasteiger partial charge in [0.1, 0.15) is 11.6 Å². The molecule has 3 nitrogen and oxygen atoms in total. The molecule has 2 heterocycles. The number of amides is 1. The number of carbonyl (C=O) groups excluding carboxylic acids is 1. The molecule has 3 aromatic rings. The van der Waals surface area contributed by atoms with Crippen LogP contribution in [0.2, 0.25) is 4.34 Å². The van der Waals surface area contributed by atoms with Gasteiger partial charge in [0.05, 0.1) is 16.5 Å². The summed E-state index contributed by atoms with van der Waals surface area (Å²) in [7, 11) is 0. The summed E-state index contributed by atoms with van der Waals surface area (Å²) in [4.78, 5) is 16.9. The van der Waals surface area contributed by atoms with Gasteiger partial charge in [-0.3, -0.25) is 4.79 Å². The van der Waals surface area contributed by atoms with Crippen LogP contribution in [-0.4, -0.2) is 10.9 Å². The summed E-state index contributed by atoms with van der Waals surface area (Å²) >= 11 is 8.33. The van der Waals surface area contributed by atoms with Crippen LogP contribution in [0.1, 0.15) is 4.88 Å². The molecule has 3 rings (SSSR count). The molecule has 0 aliphatic rings. The Balaban J connectivity index is 1.70. The molecule has 0 atom stereocenters. The minimum atomic E-state index is -0.693. The summed E-state index contributed by atoms with van der Waals surface area (Å²) in [6, 6.07) is 6.80. The van der Waals surface area contributed by atoms with Gasteiger partial charge in [0, 0.05) is 21.9 Å². The van der Waals surface area contributed by atoms with Crippen molar-refractivity contribution in [2.24, 2.45) is 0 Å². The number of aromatic nitrogens is 1. The monoisotopic (exact) mass is 370 g/mol. The van der Waals surface area contributed by atoms with Gasteiger partial charge in [0.15, 0.2) is 5.13 Å². The number of thiophene rings is 1. The maximum atomic E-state index is 13.7. The number of anilines is 1. The molecular weight excluding hydrogens is 362 g/mol. The van der Waals surface area contributed by atoms with E-state index in [2.05, 4.69) is 10.3 Å². The van der Waals surface area contributed by atoms with Crippen LogP contribution >= 0.6 is 34.3 Å². The van der Waals surface area contributed by atoms with Crippen LogP contribution in [0.15, 0.2) is 35.7 Å². The number of carbonyl (C=O) groups is 1. The number of rotatable bonds is 4. The maximum Gasteiger partial charge on any atom is 0.231 e. The molecule has 0 unspecified atom stereocenters. The third kappa shape index (κ3) is 3.93. The quantitative estimate of drug-likeness (QED) is 0.703. The van der Waals surface area contributed by atoms with Gasteiger partial charge in [0.2, 0.25) is 5.91 Å². The molecule has 118 valence electrons. The van der Waals surface area contributed by atoms with Crippen LogP contribution in [0.25, 0.3) is 11.3 Å². The zero-order valence-corrected chi connectivity index (χ0v) is 13.9. The van der Waals surface area contributed by atoms with Crippen LogP contribution in [0, 0.1) is 11.6 Å². The first-order valence-corrected chi connectivity index (χ1v) is 8.53. The Hall–Kier alpha value is -1.83. The molecule has 1 N–H and O–H groups in total. The Morgan fingerprint density at radius 2 is 2.09 bits per heavy atom. The molecule has 0 aliphatic heterocycles. The van der Waals surface area contributed by atoms with Gasteiger partial charge in [-0.15, -0.1) is 22.7 Å². The standard InChI is InChI=1S/C15H9ClF2N2OS2/c16-13-4-2-9(23-13)6-14(21)20-15-19-12(7-22-15)10-3-1-8(17)5-11(10)18/h1-5,7H,6H2,(H,19,20,21). The second kappa shape index (κ2) is 6.74. The molecule has 0 bridgehead atoms. The highest BCUT2D eigenvalue weighted by molar-refractivity contribution is 7.16. The van der Waals surface area contributed by atoms with E-state index >= 15 is 0 Å².